The van der Waals surface area contributed by atoms with E-state index in [-0.39, 0.29) is 5.41 Å². The lowest BCUT2D eigenvalue weighted by Crippen LogP contribution is -2.32. The van der Waals surface area contributed by atoms with Crippen LogP contribution in [0.25, 0.3) is 0 Å². The summed E-state index contributed by atoms with van der Waals surface area (Å²) in [5, 5.41) is 0. The zero-order valence-electron chi connectivity index (χ0n) is 15.8. The van der Waals surface area contributed by atoms with Crippen LogP contribution in [0.3, 0.4) is 0 Å². The first-order valence-corrected chi connectivity index (χ1v) is 9.29. The Hall–Kier alpha value is -2.34. The maximum atomic E-state index is 2.32. The van der Waals surface area contributed by atoms with E-state index in [0.717, 1.165) is 12.8 Å². The van der Waals surface area contributed by atoms with Crippen molar-refractivity contribution in [2.24, 2.45) is 0 Å². The van der Waals surface area contributed by atoms with Gasteiger partial charge in [0, 0.05) is 5.41 Å². The summed E-state index contributed by atoms with van der Waals surface area (Å²) < 4.78 is 0. The lowest BCUT2D eigenvalue weighted by Gasteiger charge is -2.39. The Kier molecular flexibility index (Phi) is 5.08. The molecule has 3 aromatic rings. The van der Waals surface area contributed by atoms with E-state index < -0.39 is 0 Å². The predicted molar refractivity (Wildman–Crippen MR) is 108 cm³/mol. The van der Waals surface area contributed by atoms with Gasteiger partial charge >= 0.3 is 0 Å². The molecule has 3 rings (SSSR count). The molecule has 0 aliphatic rings. The van der Waals surface area contributed by atoms with Crippen LogP contribution in [0.4, 0.5) is 0 Å². The quantitative estimate of drug-likeness (QED) is 0.455. The zero-order valence-corrected chi connectivity index (χ0v) is 15.8. The Morgan fingerprint density at radius 3 is 1.16 bits per heavy atom. The number of hydrogen-bond donors (Lipinski definition) is 0. The first-order chi connectivity index (χ1) is 12.1. The largest absolute Gasteiger partial charge is 0.0653 e. The summed E-state index contributed by atoms with van der Waals surface area (Å²) in [7, 11) is 0. The molecule has 0 atom stereocenters. The van der Waals surface area contributed by atoms with Gasteiger partial charge in [-0.15, -0.1) is 0 Å². The van der Waals surface area contributed by atoms with Crippen molar-refractivity contribution >= 4 is 0 Å². The number of hydrogen-bond acceptors (Lipinski definition) is 0. The Morgan fingerprint density at radius 2 is 0.880 bits per heavy atom. The van der Waals surface area contributed by atoms with Gasteiger partial charge in [0.2, 0.25) is 0 Å². The van der Waals surface area contributed by atoms with Gasteiger partial charge < -0.3 is 0 Å². The molecule has 25 heavy (non-hydrogen) atoms. The van der Waals surface area contributed by atoms with Gasteiger partial charge in [-0.1, -0.05) is 86.1 Å². The van der Waals surface area contributed by atoms with Crippen molar-refractivity contribution in [3.05, 3.63) is 106 Å². The van der Waals surface area contributed by atoms with E-state index in [9.17, 15) is 0 Å². The Bertz CT molecular complexity index is 746. The molecule has 128 valence electrons. The van der Waals surface area contributed by atoms with Gasteiger partial charge in [0.1, 0.15) is 0 Å². The minimum atomic E-state index is -0.100. The molecule has 0 heterocycles. The van der Waals surface area contributed by atoms with Crippen molar-refractivity contribution < 1.29 is 0 Å². The zero-order chi connectivity index (χ0) is 17.9. The van der Waals surface area contributed by atoms with Gasteiger partial charge in [-0.25, -0.2) is 0 Å². The van der Waals surface area contributed by atoms with Gasteiger partial charge in [0.05, 0.1) is 0 Å². The Labute approximate surface area is 152 Å². The highest BCUT2D eigenvalue weighted by Crippen LogP contribution is 2.46. The van der Waals surface area contributed by atoms with Crippen LogP contribution in [0.1, 0.15) is 53.1 Å². The van der Waals surface area contributed by atoms with E-state index in [1.165, 1.54) is 33.4 Å². The smallest absolute Gasteiger partial charge is 0.0459 e. The van der Waals surface area contributed by atoms with Gasteiger partial charge in [-0.2, -0.15) is 0 Å². The second-order valence-corrected chi connectivity index (χ2v) is 7.10. The van der Waals surface area contributed by atoms with Crippen LogP contribution in [0.2, 0.25) is 0 Å². The van der Waals surface area contributed by atoms with Crippen molar-refractivity contribution in [3.8, 4) is 0 Å². The highest BCUT2D eigenvalue weighted by Gasteiger charge is 2.38. The molecule has 0 heteroatoms. The fraction of sp³-hybridized carbons (Fsp3) is 0.280. The molecule has 0 unspecified atom stereocenters. The maximum Gasteiger partial charge on any atom is 0.0459 e. The first kappa shape index (κ1) is 17.5. The molecule has 0 N–H and O–H groups in total. The van der Waals surface area contributed by atoms with Crippen LogP contribution < -0.4 is 0 Å². The summed E-state index contributed by atoms with van der Waals surface area (Å²) in [5.41, 5.74) is 8.28. The number of aryl methyl sites for hydroxylation is 3. The second-order valence-electron chi connectivity index (χ2n) is 7.10. The molecule has 0 aliphatic carbocycles. The molecule has 0 fully saturated rings. The minimum Gasteiger partial charge on any atom is -0.0653 e. The van der Waals surface area contributed by atoms with Crippen LogP contribution in [0, 0.1) is 20.8 Å². The van der Waals surface area contributed by atoms with Crippen LogP contribution >= 0.6 is 0 Å². The van der Waals surface area contributed by atoms with E-state index >= 15 is 0 Å². The summed E-state index contributed by atoms with van der Waals surface area (Å²) in [4.78, 5) is 0. The molecule has 0 saturated carbocycles. The molecule has 0 radical (unpaired) electrons. The fourth-order valence-corrected chi connectivity index (χ4v) is 4.37. The summed E-state index contributed by atoms with van der Waals surface area (Å²) in [6, 6.07) is 26.7. The minimum absolute atomic E-state index is 0.100. The van der Waals surface area contributed by atoms with Crippen molar-refractivity contribution in [2.45, 2.75) is 46.0 Å². The third kappa shape index (κ3) is 3.02. The van der Waals surface area contributed by atoms with Gasteiger partial charge in [-0.05, 0) is 60.6 Å². The lowest BCUT2D eigenvalue weighted by atomic mass is 9.63. The van der Waals surface area contributed by atoms with Crippen molar-refractivity contribution in [2.75, 3.05) is 0 Å². The summed E-state index contributed by atoms with van der Waals surface area (Å²) >= 11 is 0. The Morgan fingerprint density at radius 1 is 0.560 bits per heavy atom. The molecule has 0 saturated heterocycles. The predicted octanol–water partition coefficient (Wildman–Crippen LogP) is 6.75. The monoisotopic (exact) mass is 328 g/mol. The molecule has 0 bridgehead atoms. The SMILES string of the molecule is CCCC(c1ccccc1C)(c1ccccc1C)c1ccccc1C. The van der Waals surface area contributed by atoms with Gasteiger partial charge in [0.25, 0.3) is 0 Å². The third-order valence-corrected chi connectivity index (χ3v) is 5.44. The molecule has 0 nitrogen and oxygen atoms in total. The highest BCUT2D eigenvalue weighted by molar-refractivity contribution is 5.56. The van der Waals surface area contributed by atoms with Crippen LogP contribution in [0.5, 0.6) is 0 Å². The normalized spacial score (nSPS) is 11.5. The first-order valence-electron chi connectivity index (χ1n) is 9.29. The van der Waals surface area contributed by atoms with Gasteiger partial charge in [-0.3, -0.25) is 0 Å². The van der Waals surface area contributed by atoms with Crippen LogP contribution in [0.15, 0.2) is 72.8 Å². The topological polar surface area (TPSA) is 0 Å². The molecule has 0 spiro atoms. The van der Waals surface area contributed by atoms with E-state index in [4.69, 9.17) is 0 Å². The standard InChI is InChI=1S/C25H28/c1-5-18-25(22-15-9-6-12-19(22)2,23-16-10-7-13-20(23)3)24-17-11-8-14-21(24)4/h6-17H,5,18H2,1-4H3. The molecular formula is C25H28. The van der Waals surface area contributed by atoms with Crippen molar-refractivity contribution in [1.29, 1.82) is 0 Å². The number of rotatable bonds is 5. The Balaban J connectivity index is 2.44. The van der Waals surface area contributed by atoms with Gasteiger partial charge in [0.15, 0.2) is 0 Å². The molecular weight excluding hydrogens is 300 g/mol. The molecule has 0 aliphatic heterocycles. The van der Waals surface area contributed by atoms with E-state index in [1.54, 1.807) is 0 Å². The summed E-state index contributed by atoms with van der Waals surface area (Å²) in [6.45, 7) is 9.03. The van der Waals surface area contributed by atoms with Crippen molar-refractivity contribution in [1.82, 2.24) is 0 Å². The fourth-order valence-electron chi connectivity index (χ4n) is 4.37. The third-order valence-electron chi connectivity index (χ3n) is 5.44. The molecule has 0 amide bonds. The highest BCUT2D eigenvalue weighted by atomic mass is 14.4. The van der Waals surface area contributed by atoms with Crippen LogP contribution in [-0.4, -0.2) is 0 Å². The lowest BCUT2D eigenvalue weighted by molar-refractivity contribution is 0.541. The van der Waals surface area contributed by atoms with E-state index in [1.807, 2.05) is 0 Å². The molecule has 3 aromatic carbocycles. The second kappa shape index (κ2) is 7.27. The molecule has 0 aromatic heterocycles. The van der Waals surface area contributed by atoms with E-state index in [0.29, 0.717) is 0 Å². The summed E-state index contributed by atoms with van der Waals surface area (Å²) in [5.74, 6) is 0. The van der Waals surface area contributed by atoms with Crippen molar-refractivity contribution in [3.63, 3.8) is 0 Å². The van der Waals surface area contributed by atoms with Crippen LogP contribution in [-0.2, 0) is 5.41 Å². The average Bonchev–Trinajstić information content (AvgIpc) is 2.62. The van der Waals surface area contributed by atoms with E-state index in [2.05, 4.69) is 100 Å². The number of benzene rings is 3. The summed E-state index contributed by atoms with van der Waals surface area (Å²) in [6.07, 6.45) is 2.24. The average molecular weight is 328 g/mol. The maximum absolute atomic E-state index is 2.32.